The van der Waals surface area contributed by atoms with Gasteiger partial charge in [-0.1, -0.05) is 53.2 Å². The van der Waals surface area contributed by atoms with Crippen LogP contribution < -0.4 is 5.32 Å². The lowest BCUT2D eigenvalue weighted by Crippen LogP contribution is -2.09. The number of aromatic nitrogens is 2. The van der Waals surface area contributed by atoms with E-state index in [0.717, 1.165) is 35.5 Å². The van der Waals surface area contributed by atoms with Crippen LogP contribution in [0.15, 0.2) is 71.0 Å². The SMILES string of the molecule is C=C(Nc1ccc(-n2cnc(C)c2)c(F)c1)SC1=C(C)C(c2ccc(Cl)cc2Cl)CCC1. The second-order valence-electron chi connectivity index (χ2n) is 7.96. The van der Waals surface area contributed by atoms with Gasteiger partial charge in [-0.3, -0.25) is 0 Å². The van der Waals surface area contributed by atoms with Crippen LogP contribution in [-0.2, 0) is 0 Å². The highest BCUT2D eigenvalue weighted by molar-refractivity contribution is 8.06. The van der Waals surface area contributed by atoms with Gasteiger partial charge in [0.25, 0.3) is 0 Å². The molecule has 1 heterocycles. The lowest BCUT2D eigenvalue weighted by molar-refractivity contribution is 0.618. The number of nitrogens with zero attached hydrogens (tertiary/aromatic N) is 2. The smallest absolute Gasteiger partial charge is 0.149 e. The molecule has 0 fully saturated rings. The van der Waals surface area contributed by atoms with E-state index in [1.807, 2.05) is 25.1 Å². The van der Waals surface area contributed by atoms with Crippen molar-refractivity contribution >= 4 is 40.7 Å². The molecule has 1 aliphatic rings. The lowest BCUT2D eigenvalue weighted by atomic mass is 9.83. The summed E-state index contributed by atoms with van der Waals surface area (Å²) in [5, 5.41) is 5.34. The summed E-state index contributed by atoms with van der Waals surface area (Å²) >= 11 is 14.2. The zero-order valence-electron chi connectivity index (χ0n) is 18.0. The average Bonchev–Trinajstić information content (AvgIpc) is 3.16. The number of nitrogens with one attached hydrogen (secondary N) is 1. The average molecular weight is 488 g/mol. The number of rotatable bonds is 6. The Kier molecular flexibility index (Phi) is 6.99. The molecular formula is C25H24Cl2FN3S. The molecule has 0 aliphatic heterocycles. The van der Waals surface area contributed by atoms with Gasteiger partial charge in [0.2, 0.25) is 0 Å². The first-order chi connectivity index (χ1) is 15.3. The molecule has 1 atom stereocenters. The first-order valence-corrected chi connectivity index (χ1v) is 12.0. The number of imidazole rings is 1. The summed E-state index contributed by atoms with van der Waals surface area (Å²) < 4.78 is 16.3. The van der Waals surface area contributed by atoms with Gasteiger partial charge in [-0.2, -0.15) is 0 Å². The number of hydrogen-bond acceptors (Lipinski definition) is 3. The quantitative estimate of drug-likeness (QED) is 0.377. The Bertz CT molecular complexity index is 1200. The van der Waals surface area contributed by atoms with Crippen molar-refractivity contribution in [2.75, 3.05) is 5.32 Å². The Balaban J connectivity index is 1.48. The van der Waals surface area contributed by atoms with Gasteiger partial charge in [-0.05, 0) is 73.9 Å². The monoisotopic (exact) mass is 487 g/mol. The van der Waals surface area contributed by atoms with E-state index in [-0.39, 0.29) is 11.7 Å². The molecule has 0 radical (unpaired) electrons. The van der Waals surface area contributed by atoms with Crippen molar-refractivity contribution in [2.24, 2.45) is 0 Å². The topological polar surface area (TPSA) is 29.9 Å². The number of allylic oxidation sites excluding steroid dienone is 2. The normalized spacial score (nSPS) is 16.3. The Morgan fingerprint density at radius 2 is 2.03 bits per heavy atom. The van der Waals surface area contributed by atoms with Crippen molar-refractivity contribution in [1.82, 2.24) is 9.55 Å². The summed E-state index contributed by atoms with van der Waals surface area (Å²) in [6.45, 7) is 8.19. The predicted octanol–water partition coefficient (Wildman–Crippen LogP) is 8.48. The number of anilines is 1. The van der Waals surface area contributed by atoms with Gasteiger partial charge >= 0.3 is 0 Å². The number of benzene rings is 2. The summed E-state index contributed by atoms with van der Waals surface area (Å²) in [4.78, 5) is 5.43. The Hall–Kier alpha value is -2.21. The Morgan fingerprint density at radius 3 is 2.72 bits per heavy atom. The van der Waals surface area contributed by atoms with Crippen molar-refractivity contribution in [3.8, 4) is 5.69 Å². The first kappa shape index (κ1) is 23.0. The first-order valence-electron chi connectivity index (χ1n) is 10.4. The van der Waals surface area contributed by atoms with Crippen LogP contribution in [0.25, 0.3) is 5.69 Å². The molecule has 1 aromatic heterocycles. The van der Waals surface area contributed by atoms with E-state index >= 15 is 0 Å². The van der Waals surface area contributed by atoms with Crippen LogP contribution in [0, 0.1) is 12.7 Å². The van der Waals surface area contributed by atoms with Gasteiger partial charge < -0.3 is 9.88 Å². The van der Waals surface area contributed by atoms with E-state index in [0.29, 0.717) is 21.4 Å². The van der Waals surface area contributed by atoms with Crippen molar-refractivity contribution in [3.05, 3.63) is 98.1 Å². The van der Waals surface area contributed by atoms with Gasteiger partial charge in [0.15, 0.2) is 0 Å². The van der Waals surface area contributed by atoms with Gasteiger partial charge in [-0.15, -0.1) is 0 Å². The molecule has 3 nitrogen and oxygen atoms in total. The molecule has 0 saturated carbocycles. The summed E-state index contributed by atoms with van der Waals surface area (Å²) in [5.41, 5.74) is 4.36. The van der Waals surface area contributed by atoms with E-state index in [1.54, 1.807) is 41.0 Å². The number of hydrogen-bond donors (Lipinski definition) is 1. The minimum Gasteiger partial charge on any atom is -0.350 e. The molecule has 0 amide bonds. The maximum atomic E-state index is 14.7. The molecule has 2 aromatic carbocycles. The molecule has 1 unspecified atom stereocenters. The minimum atomic E-state index is -0.323. The van der Waals surface area contributed by atoms with Crippen LogP contribution in [0.3, 0.4) is 0 Å². The fraction of sp³-hybridized carbons (Fsp3) is 0.240. The zero-order valence-corrected chi connectivity index (χ0v) is 20.3. The standard InChI is InChI=1S/C25H24Cl2FN3S/c1-15-13-31(14-29-15)24-10-8-19(12-23(24)28)30-17(3)32-25-6-4-5-20(16(25)2)21-9-7-18(26)11-22(21)27/h7-14,20,30H,3-6H2,1-2H3. The van der Waals surface area contributed by atoms with Crippen molar-refractivity contribution < 1.29 is 4.39 Å². The highest BCUT2D eigenvalue weighted by Gasteiger charge is 2.24. The van der Waals surface area contributed by atoms with Crippen molar-refractivity contribution in [1.29, 1.82) is 0 Å². The van der Waals surface area contributed by atoms with E-state index in [9.17, 15) is 4.39 Å². The summed E-state index contributed by atoms with van der Waals surface area (Å²) in [6, 6.07) is 10.8. The largest absolute Gasteiger partial charge is 0.350 e. The van der Waals surface area contributed by atoms with E-state index < -0.39 is 0 Å². The van der Waals surface area contributed by atoms with Crippen LogP contribution in [-0.4, -0.2) is 9.55 Å². The van der Waals surface area contributed by atoms with E-state index in [4.69, 9.17) is 23.2 Å². The molecule has 1 N–H and O–H groups in total. The lowest BCUT2D eigenvalue weighted by Gasteiger charge is -2.28. The van der Waals surface area contributed by atoms with E-state index in [2.05, 4.69) is 23.8 Å². The summed E-state index contributed by atoms with van der Waals surface area (Å²) in [6.07, 6.45) is 6.52. The maximum Gasteiger partial charge on any atom is 0.149 e. The van der Waals surface area contributed by atoms with Gasteiger partial charge in [0.1, 0.15) is 5.82 Å². The van der Waals surface area contributed by atoms with Gasteiger partial charge in [0, 0.05) is 27.8 Å². The third-order valence-corrected chi connectivity index (χ3v) is 7.35. The third-order valence-electron chi connectivity index (χ3n) is 5.66. The number of thioether (sulfide) groups is 1. The predicted molar refractivity (Wildman–Crippen MR) is 134 cm³/mol. The minimum absolute atomic E-state index is 0.263. The highest BCUT2D eigenvalue weighted by atomic mass is 35.5. The molecule has 0 bridgehead atoms. The Labute approximate surface area is 202 Å². The van der Waals surface area contributed by atoms with Gasteiger partial charge in [0.05, 0.1) is 22.7 Å². The molecule has 0 spiro atoms. The molecule has 1 aliphatic carbocycles. The fourth-order valence-electron chi connectivity index (χ4n) is 4.06. The van der Waals surface area contributed by atoms with Crippen molar-refractivity contribution in [3.63, 3.8) is 0 Å². The third kappa shape index (κ3) is 5.06. The van der Waals surface area contributed by atoms with Crippen LogP contribution in [0.2, 0.25) is 10.0 Å². The molecular weight excluding hydrogens is 464 g/mol. The highest BCUT2D eigenvalue weighted by Crippen LogP contribution is 2.45. The second-order valence-corrected chi connectivity index (χ2v) is 9.99. The maximum absolute atomic E-state index is 14.7. The molecule has 3 aromatic rings. The molecule has 4 rings (SSSR count). The van der Waals surface area contributed by atoms with Crippen LogP contribution in [0.5, 0.6) is 0 Å². The summed E-state index contributed by atoms with van der Waals surface area (Å²) in [5.74, 6) is -0.0603. The zero-order chi connectivity index (χ0) is 22.8. The fourth-order valence-corrected chi connectivity index (χ4v) is 5.62. The van der Waals surface area contributed by atoms with Crippen LogP contribution >= 0.6 is 35.0 Å². The number of aryl methyl sites for hydroxylation is 1. The molecule has 7 heteroatoms. The Morgan fingerprint density at radius 1 is 1.22 bits per heavy atom. The van der Waals surface area contributed by atoms with Crippen molar-refractivity contribution in [2.45, 2.75) is 39.0 Å². The van der Waals surface area contributed by atoms with Gasteiger partial charge in [-0.25, -0.2) is 9.37 Å². The van der Waals surface area contributed by atoms with E-state index in [1.165, 1.54) is 16.5 Å². The molecule has 166 valence electrons. The van der Waals surface area contributed by atoms with Crippen LogP contribution in [0.4, 0.5) is 10.1 Å². The number of halogens is 3. The summed E-state index contributed by atoms with van der Waals surface area (Å²) in [7, 11) is 0. The molecule has 32 heavy (non-hydrogen) atoms. The second kappa shape index (κ2) is 9.74. The van der Waals surface area contributed by atoms with Crippen LogP contribution in [0.1, 0.15) is 43.4 Å². The molecule has 0 saturated heterocycles.